The number of hydrogen-bond acceptors (Lipinski definition) is 4. The Balaban J connectivity index is 1.82. The van der Waals surface area contributed by atoms with E-state index in [0.717, 1.165) is 17.0 Å². The lowest BCUT2D eigenvalue weighted by Crippen LogP contribution is -2.18. The summed E-state index contributed by atoms with van der Waals surface area (Å²) >= 11 is 5.98. The number of anilines is 1. The van der Waals surface area contributed by atoms with E-state index < -0.39 is 0 Å². The highest BCUT2D eigenvalue weighted by Gasteiger charge is 2.10. The average molecular weight is 345 g/mol. The summed E-state index contributed by atoms with van der Waals surface area (Å²) in [6, 6.07) is 8.89. The molecule has 7 heteroatoms. The zero-order valence-corrected chi connectivity index (χ0v) is 14.1. The largest absolute Gasteiger partial charge is 0.495 e. The molecule has 124 valence electrons. The molecule has 0 aliphatic carbocycles. The van der Waals surface area contributed by atoms with Crippen LogP contribution in [0.5, 0.6) is 5.75 Å². The van der Waals surface area contributed by atoms with Gasteiger partial charge in [-0.1, -0.05) is 11.6 Å². The summed E-state index contributed by atoms with van der Waals surface area (Å²) in [5.74, 6) is 0.512. The van der Waals surface area contributed by atoms with Gasteiger partial charge in [-0.05, 0) is 30.3 Å². The second kappa shape index (κ2) is 6.80. The van der Waals surface area contributed by atoms with Crippen LogP contribution in [0.4, 0.5) is 5.69 Å². The lowest BCUT2D eigenvalue weighted by atomic mass is 10.1. The van der Waals surface area contributed by atoms with Gasteiger partial charge in [0.1, 0.15) is 11.4 Å². The van der Waals surface area contributed by atoms with Gasteiger partial charge < -0.3 is 19.8 Å². The number of pyridine rings is 1. The molecule has 6 nitrogen and oxygen atoms in total. The molecule has 0 unspecified atom stereocenters. The van der Waals surface area contributed by atoms with Crippen molar-refractivity contribution in [2.24, 2.45) is 0 Å². The Morgan fingerprint density at radius 2 is 2.12 bits per heavy atom. The maximum atomic E-state index is 11.8. The normalized spacial score (nSPS) is 10.6. The van der Waals surface area contributed by atoms with Gasteiger partial charge in [-0.25, -0.2) is 4.98 Å². The van der Waals surface area contributed by atoms with Crippen molar-refractivity contribution >= 4 is 28.8 Å². The molecule has 3 rings (SSSR count). The maximum Gasteiger partial charge on any atom is 0.251 e. The summed E-state index contributed by atoms with van der Waals surface area (Å²) in [4.78, 5) is 16.3. The van der Waals surface area contributed by atoms with Crippen molar-refractivity contribution in [3.8, 4) is 5.75 Å². The van der Waals surface area contributed by atoms with Crippen LogP contribution in [-0.4, -0.2) is 29.4 Å². The first-order valence-electron chi connectivity index (χ1n) is 7.38. The highest BCUT2D eigenvalue weighted by atomic mass is 35.5. The fourth-order valence-corrected chi connectivity index (χ4v) is 2.59. The van der Waals surface area contributed by atoms with Crippen molar-refractivity contribution in [1.82, 2.24) is 14.7 Å². The number of nitrogens with zero attached hydrogens (tertiary/aromatic N) is 2. The molecule has 0 fully saturated rings. The van der Waals surface area contributed by atoms with E-state index in [9.17, 15) is 4.79 Å². The summed E-state index contributed by atoms with van der Waals surface area (Å²) in [7, 11) is 3.19. The van der Waals surface area contributed by atoms with E-state index >= 15 is 0 Å². The van der Waals surface area contributed by atoms with Crippen LogP contribution in [0.1, 0.15) is 16.1 Å². The molecular formula is C17H17ClN4O2. The zero-order chi connectivity index (χ0) is 17.1. The quantitative estimate of drug-likeness (QED) is 0.746. The predicted octanol–water partition coefficient (Wildman–Crippen LogP) is 2.97. The van der Waals surface area contributed by atoms with Crippen molar-refractivity contribution in [3.63, 3.8) is 0 Å². The number of benzene rings is 1. The van der Waals surface area contributed by atoms with Crippen LogP contribution in [0.3, 0.4) is 0 Å². The Morgan fingerprint density at radius 1 is 1.29 bits per heavy atom. The third-order valence-electron chi connectivity index (χ3n) is 3.61. The summed E-state index contributed by atoms with van der Waals surface area (Å²) in [6.45, 7) is 0.493. The van der Waals surface area contributed by atoms with Gasteiger partial charge in [0.15, 0.2) is 0 Å². The van der Waals surface area contributed by atoms with E-state index in [1.54, 1.807) is 44.6 Å². The van der Waals surface area contributed by atoms with Gasteiger partial charge in [-0.3, -0.25) is 4.79 Å². The lowest BCUT2D eigenvalue weighted by molar-refractivity contribution is 0.0963. The molecule has 1 aromatic carbocycles. The van der Waals surface area contributed by atoms with Crippen molar-refractivity contribution in [2.75, 3.05) is 19.5 Å². The summed E-state index contributed by atoms with van der Waals surface area (Å²) in [6.07, 6.45) is 3.71. The van der Waals surface area contributed by atoms with Gasteiger partial charge in [0.25, 0.3) is 5.91 Å². The Bertz CT molecular complexity index is 891. The molecule has 2 heterocycles. The number of hydrogen-bond donors (Lipinski definition) is 2. The van der Waals surface area contributed by atoms with Gasteiger partial charge in [0.05, 0.1) is 30.1 Å². The second-order valence-corrected chi connectivity index (χ2v) is 5.63. The fourth-order valence-electron chi connectivity index (χ4n) is 2.42. The first-order valence-corrected chi connectivity index (χ1v) is 7.75. The number of fused-ring (bicyclic) bond motifs is 1. The minimum absolute atomic E-state index is 0.150. The van der Waals surface area contributed by atoms with Crippen LogP contribution in [0.25, 0.3) is 5.65 Å². The van der Waals surface area contributed by atoms with Crippen LogP contribution < -0.4 is 15.4 Å². The summed E-state index contributed by atoms with van der Waals surface area (Å²) in [5, 5.41) is 6.52. The van der Waals surface area contributed by atoms with Crippen LogP contribution in [0.15, 0.2) is 42.7 Å². The molecule has 3 aromatic rings. The monoisotopic (exact) mass is 344 g/mol. The van der Waals surface area contributed by atoms with E-state index in [1.165, 1.54) is 0 Å². The molecule has 2 N–H and O–H groups in total. The number of imidazole rings is 1. The van der Waals surface area contributed by atoms with Gasteiger partial charge in [0.2, 0.25) is 0 Å². The third-order valence-corrected chi connectivity index (χ3v) is 3.84. The molecular weight excluding hydrogens is 328 g/mol. The van der Waals surface area contributed by atoms with Gasteiger partial charge in [-0.2, -0.15) is 0 Å². The van der Waals surface area contributed by atoms with Crippen molar-refractivity contribution in [1.29, 1.82) is 0 Å². The number of rotatable bonds is 5. The van der Waals surface area contributed by atoms with Crippen LogP contribution >= 0.6 is 11.6 Å². The minimum Gasteiger partial charge on any atom is -0.495 e. The van der Waals surface area contributed by atoms with Gasteiger partial charge in [0, 0.05) is 25.0 Å². The van der Waals surface area contributed by atoms with Crippen molar-refractivity contribution in [3.05, 3.63) is 59.0 Å². The molecule has 0 saturated heterocycles. The average Bonchev–Trinajstić information content (AvgIpc) is 3.00. The van der Waals surface area contributed by atoms with Crippen molar-refractivity contribution in [2.45, 2.75) is 6.54 Å². The molecule has 0 aliphatic heterocycles. The molecule has 0 aliphatic rings. The Labute approximate surface area is 144 Å². The fraction of sp³-hybridized carbons (Fsp3) is 0.176. The number of carbonyl (C=O) groups excluding carboxylic acids is 1. The number of methoxy groups -OCH3 is 1. The lowest BCUT2D eigenvalue weighted by Gasteiger charge is -2.11. The number of halogens is 1. The molecule has 1 amide bonds. The Morgan fingerprint density at radius 3 is 2.88 bits per heavy atom. The highest BCUT2D eigenvalue weighted by Crippen LogP contribution is 2.26. The van der Waals surface area contributed by atoms with Crippen LogP contribution in [0.2, 0.25) is 5.02 Å². The van der Waals surface area contributed by atoms with E-state index in [4.69, 9.17) is 16.3 Å². The molecule has 2 aromatic heterocycles. The number of nitrogens with one attached hydrogen (secondary N) is 2. The Hall–Kier alpha value is -2.73. The van der Waals surface area contributed by atoms with E-state index in [0.29, 0.717) is 22.9 Å². The molecule has 0 spiro atoms. The van der Waals surface area contributed by atoms with Gasteiger partial charge >= 0.3 is 0 Å². The molecule has 0 bridgehead atoms. The second-order valence-electron chi connectivity index (χ2n) is 5.19. The van der Waals surface area contributed by atoms with Crippen LogP contribution in [-0.2, 0) is 6.54 Å². The zero-order valence-electron chi connectivity index (χ0n) is 13.3. The smallest absolute Gasteiger partial charge is 0.251 e. The molecule has 24 heavy (non-hydrogen) atoms. The van der Waals surface area contributed by atoms with E-state index in [1.807, 2.05) is 16.7 Å². The number of carbonyl (C=O) groups is 1. The Kier molecular flexibility index (Phi) is 4.57. The minimum atomic E-state index is -0.150. The molecule has 0 atom stereocenters. The molecule has 0 radical (unpaired) electrons. The number of aromatic nitrogens is 2. The SMILES string of the molecule is CNC(=O)c1ccc(OC)c(NCc2cn3cc(Cl)ccc3n2)c1. The van der Waals surface area contributed by atoms with E-state index in [-0.39, 0.29) is 5.91 Å². The molecule has 0 saturated carbocycles. The highest BCUT2D eigenvalue weighted by molar-refractivity contribution is 6.30. The van der Waals surface area contributed by atoms with Crippen LogP contribution in [0, 0.1) is 0 Å². The van der Waals surface area contributed by atoms with E-state index in [2.05, 4.69) is 15.6 Å². The van der Waals surface area contributed by atoms with Crippen molar-refractivity contribution < 1.29 is 9.53 Å². The summed E-state index contributed by atoms with van der Waals surface area (Å²) in [5.41, 5.74) is 2.96. The summed E-state index contributed by atoms with van der Waals surface area (Å²) < 4.78 is 7.21. The first kappa shape index (κ1) is 16.1. The van der Waals surface area contributed by atoms with Gasteiger partial charge in [-0.15, -0.1) is 0 Å². The predicted molar refractivity (Wildman–Crippen MR) is 93.9 cm³/mol. The number of ether oxygens (including phenoxy) is 1. The topological polar surface area (TPSA) is 67.7 Å². The standard InChI is InChI=1S/C17H17ClN4O2/c1-19-17(23)11-3-5-15(24-2)14(7-11)20-8-13-10-22-9-12(18)4-6-16(22)21-13/h3-7,9-10,20H,8H2,1-2H3,(H,19,23). The number of amides is 1. The maximum absolute atomic E-state index is 11.8. The first-order chi connectivity index (χ1) is 11.6. The third kappa shape index (κ3) is 3.28.